The molecule has 1 aliphatic rings. The van der Waals surface area contributed by atoms with Crippen molar-refractivity contribution in [1.29, 1.82) is 0 Å². The molecule has 1 heterocycles. The Morgan fingerprint density at radius 1 is 1.08 bits per heavy atom. The Balaban J connectivity index is 2.36. The minimum atomic E-state index is -0.0226. The largest absolute Gasteiger partial charge is 0.282 e. The summed E-state index contributed by atoms with van der Waals surface area (Å²) in [5.74, 6) is 0. The fraction of sp³-hybridized carbons (Fsp3) is 0.250. The maximum absolute atomic E-state index is 4.41. The SMILES string of the molecule is CC1(C)C=C(c2ccccc2)C=N1. The topological polar surface area (TPSA) is 12.4 Å². The molecule has 0 aromatic heterocycles. The lowest BCUT2D eigenvalue weighted by atomic mass is 10.0. The van der Waals surface area contributed by atoms with Crippen LogP contribution in [0.1, 0.15) is 19.4 Å². The quantitative estimate of drug-likeness (QED) is 0.616. The molecule has 1 nitrogen and oxygen atoms in total. The van der Waals surface area contributed by atoms with Crippen molar-refractivity contribution >= 4 is 11.8 Å². The van der Waals surface area contributed by atoms with Gasteiger partial charge in [0.05, 0.1) is 5.54 Å². The molecule has 1 aromatic carbocycles. The summed E-state index contributed by atoms with van der Waals surface area (Å²) in [6, 6.07) is 10.4. The van der Waals surface area contributed by atoms with E-state index in [9.17, 15) is 0 Å². The number of hydrogen-bond acceptors (Lipinski definition) is 1. The first-order chi connectivity index (χ1) is 6.17. The summed E-state index contributed by atoms with van der Waals surface area (Å²) < 4.78 is 0. The predicted octanol–water partition coefficient (Wildman–Crippen LogP) is 2.93. The van der Waals surface area contributed by atoms with E-state index in [-0.39, 0.29) is 5.54 Å². The Morgan fingerprint density at radius 3 is 2.31 bits per heavy atom. The van der Waals surface area contributed by atoms with Crippen LogP contribution in [0.2, 0.25) is 0 Å². The fourth-order valence-electron chi connectivity index (χ4n) is 1.48. The van der Waals surface area contributed by atoms with Crippen molar-refractivity contribution < 1.29 is 0 Å². The molecule has 0 N–H and O–H groups in total. The fourth-order valence-corrected chi connectivity index (χ4v) is 1.48. The molecule has 0 fully saturated rings. The van der Waals surface area contributed by atoms with Gasteiger partial charge in [0.15, 0.2) is 0 Å². The van der Waals surface area contributed by atoms with Crippen LogP contribution < -0.4 is 0 Å². The standard InChI is InChI=1S/C12H13N/c1-12(2)8-11(9-13-12)10-6-4-3-5-7-10/h3-9H,1-2H3. The Hall–Kier alpha value is -1.37. The first kappa shape index (κ1) is 8.24. The van der Waals surface area contributed by atoms with Crippen LogP contribution in [0.3, 0.4) is 0 Å². The second-order valence-corrected chi connectivity index (χ2v) is 3.88. The Bertz CT molecular complexity index is 358. The molecular formula is C12H13N. The zero-order valence-electron chi connectivity index (χ0n) is 7.99. The van der Waals surface area contributed by atoms with Crippen LogP contribution in [-0.4, -0.2) is 11.8 Å². The molecular weight excluding hydrogens is 158 g/mol. The summed E-state index contributed by atoms with van der Waals surface area (Å²) in [5.41, 5.74) is 2.45. The van der Waals surface area contributed by atoms with Gasteiger partial charge in [-0.3, -0.25) is 4.99 Å². The van der Waals surface area contributed by atoms with Gasteiger partial charge in [-0.05, 0) is 31.1 Å². The van der Waals surface area contributed by atoms with Gasteiger partial charge >= 0.3 is 0 Å². The number of allylic oxidation sites excluding steroid dienone is 1. The third kappa shape index (κ3) is 1.69. The lowest BCUT2D eigenvalue weighted by Crippen LogP contribution is -2.07. The number of aliphatic imine (C=N–C) groups is 1. The predicted molar refractivity (Wildman–Crippen MR) is 57.0 cm³/mol. The molecule has 1 heteroatoms. The molecule has 0 saturated heterocycles. The highest BCUT2D eigenvalue weighted by molar-refractivity contribution is 6.12. The number of hydrogen-bond donors (Lipinski definition) is 0. The number of rotatable bonds is 1. The van der Waals surface area contributed by atoms with E-state index < -0.39 is 0 Å². The van der Waals surface area contributed by atoms with E-state index in [2.05, 4.69) is 49.2 Å². The van der Waals surface area contributed by atoms with Gasteiger partial charge in [-0.2, -0.15) is 0 Å². The van der Waals surface area contributed by atoms with Crippen molar-refractivity contribution in [1.82, 2.24) is 0 Å². The van der Waals surface area contributed by atoms with Gasteiger partial charge in [0.2, 0.25) is 0 Å². The lowest BCUT2D eigenvalue weighted by molar-refractivity contribution is 0.672. The Labute approximate surface area is 78.8 Å². The zero-order valence-corrected chi connectivity index (χ0v) is 7.99. The van der Waals surface area contributed by atoms with Crippen LogP contribution in [-0.2, 0) is 0 Å². The van der Waals surface area contributed by atoms with E-state index in [0.717, 1.165) is 0 Å². The van der Waals surface area contributed by atoms with Gasteiger partial charge < -0.3 is 0 Å². The van der Waals surface area contributed by atoms with Crippen LogP contribution in [0.4, 0.5) is 0 Å². The molecule has 2 rings (SSSR count). The Morgan fingerprint density at radius 2 is 1.77 bits per heavy atom. The van der Waals surface area contributed by atoms with Crippen molar-refractivity contribution in [2.75, 3.05) is 0 Å². The second kappa shape index (κ2) is 2.84. The maximum atomic E-state index is 4.41. The molecule has 0 saturated carbocycles. The third-order valence-corrected chi connectivity index (χ3v) is 2.15. The van der Waals surface area contributed by atoms with Gasteiger partial charge in [-0.1, -0.05) is 30.3 Å². The van der Waals surface area contributed by atoms with Crippen molar-refractivity contribution in [2.45, 2.75) is 19.4 Å². The summed E-state index contributed by atoms with van der Waals surface area (Å²) in [6.45, 7) is 4.22. The monoisotopic (exact) mass is 171 g/mol. The van der Waals surface area contributed by atoms with E-state index >= 15 is 0 Å². The molecule has 0 amide bonds. The summed E-state index contributed by atoms with van der Waals surface area (Å²) in [5, 5.41) is 0. The van der Waals surface area contributed by atoms with E-state index in [1.54, 1.807) is 0 Å². The highest BCUT2D eigenvalue weighted by Gasteiger charge is 2.18. The average Bonchev–Trinajstić information content (AvgIpc) is 2.48. The summed E-state index contributed by atoms with van der Waals surface area (Å²) in [4.78, 5) is 4.41. The van der Waals surface area contributed by atoms with E-state index in [4.69, 9.17) is 0 Å². The highest BCUT2D eigenvalue weighted by atomic mass is 14.8. The van der Waals surface area contributed by atoms with Crippen molar-refractivity contribution in [3.8, 4) is 0 Å². The molecule has 0 spiro atoms. The average molecular weight is 171 g/mol. The lowest BCUT2D eigenvalue weighted by Gasteiger charge is -2.08. The molecule has 1 aromatic rings. The van der Waals surface area contributed by atoms with Crippen LogP contribution in [0.25, 0.3) is 5.57 Å². The smallest absolute Gasteiger partial charge is 0.0741 e. The zero-order chi connectivity index (χ0) is 9.31. The molecule has 66 valence electrons. The van der Waals surface area contributed by atoms with Gasteiger partial charge in [0.1, 0.15) is 0 Å². The Kier molecular flexibility index (Phi) is 1.80. The molecule has 0 atom stereocenters. The molecule has 13 heavy (non-hydrogen) atoms. The first-order valence-corrected chi connectivity index (χ1v) is 4.51. The molecule has 0 unspecified atom stereocenters. The van der Waals surface area contributed by atoms with Gasteiger partial charge in [-0.25, -0.2) is 0 Å². The van der Waals surface area contributed by atoms with E-state index in [1.807, 2.05) is 12.3 Å². The van der Waals surface area contributed by atoms with Crippen molar-refractivity contribution in [3.63, 3.8) is 0 Å². The number of benzene rings is 1. The van der Waals surface area contributed by atoms with Crippen molar-refractivity contribution in [3.05, 3.63) is 42.0 Å². The van der Waals surface area contributed by atoms with Crippen LogP contribution in [0.5, 0.6) is 0 Å². The van der Waals surface area contributed by atoms with Gasteiger partial charge in [-0.15, -0.1) is 0 Å². The first-order valence-electron chi connectivity index (χ1n) is 4.51. The molecule has 0 radical (unpaired) electrons. The third-order valence-electron chi connectivity index (χ3n) is 2.15. The minimum Gasteiger partial charge on any atom is -0.282 e. The van der Waals surface area contributed by atoms with E-state index in [1.165, 1.54) is 11.1 Å². The molecule has 0 aliphatic carbocycles. The van der Waals surface area contributed by atoms with Crippen LogP contribution >= 0.6 is 0 Å². The van der Waals surface area contributed by atoms with Gasteiger partial charge in [0, 0.05) is 6.21 Å². The van der Waals surface area contributed by atoms with Crippen molar-refractivity contribution in [2.24, 2.45) is 4.99 Å². The second-order valence-electron chi connectivity index (χ2n) is 3.88. The van der Waals surface area contributed by atoms with Crippen LogP contribution in [0, 0.1) is 0 Å². The normalized spacial score (nSPS) is 18.8. The summed E-state index contributed by atoms with van der Waals surface area (Å²) in [7, 11) is 0. The maximum Gasteiger partial charge on any atom is 0.0741 e. The molecule has 1 aliphatic heterocycles. The summed E-state index contributed by atoms with van der Waals surface area (Å²) in [6.07, 6.45) is 4.15. The highest BCUT2D eigenvalue weighted by Crippen LogP contribution is 2.25. The minimum absolute atomic E-state index is 0.0226. The molecule has 0 bridgehead atoms. The van der Waals surface area contributed by atoms with E-state index in [0.29, 0.717) is 0 Å². The van der Waals surface area contributed by atoms with Gasteiger partial charge in [0.25, 0.3) is 0 Å². The van der Waals surface area contributed by atoms with Crippen LogP contribution in [0.15, 0.2) is 41.4 Å². The summed E-state index contributed by atoms with van der Waals surface area (Å²) >= 11 is 0. The number of nitrogens with zero attached hydrogens (tertiary/aromatic N) is 1.